The minimum Gasteiger partial charge on any atom is -0.422 e. The topological polar surface area (TPSA) is 105 Å². The molecule has 7 heteroatoms. The third-order valence-corrected chi connectivity index (χ3v) is 4.09. The lowest BCUT2D eigenvalue weighted by molar-refractivity contribution is -0.134. The Bertz CT molecular complexity index is 928. The number of benzene rings is 1. The minimum atomic E-state index is -0.845. The van der Waals surface area contributed by atoms with Gasteiger partial charge >= 0.3 is 5.63 Å². The Hall–Kier alpha value is -2.96. The molecule has 1 atom stereocenters. The zero-order valence-corrected chi connectivity index (χ0v) is 13.3. The average molecular weight is 328 g/mol. The van der Waals surface area contributed by atoms with E-state index in [4.69, 9.17) is 4.42 Å². The molecule has 7 nitrogen and oxygen atoms in total. The summed E-state index contributed by atoms with van der Waals surface area (Å²) in [5, 5.41) is 5.32. The second kappa shape index (κ2) is 5.92. The van der Waals surface area contributed by atoms with Gasteiger partial charge in [0.1, 0.15) is 17.2 Å². The molecule has 0 bridgehead atoms. The van der Waals surface area contributed by atoms with Gasteiger partial charge in [-0.15, -0.1) is 0 Å². The molecule has 1 aromatic carbocycles. The second-order valence-corrected chi connectivity index (χ2v) is 5.87. The monoisotopic (exact) mass is 328 g/mol. The number of imide groups is 1. The smallest absolute Gasteiger partial charge is 0.349 e. The summed E-state index contributed by atoms with van der Waals surface area (Å²) in [6.45, 7) is 3.53. The highest BCUT2D eigenvalue weighted by Gasteiger charge is 2.29. The molecule has 3 rings (SSSR count). The molecule has 124 valence electrons. The van der Waals surface area contributed by atoms with Gasteiger partial charge < -0.3 is 9.73 Å². The zero-order chi connectivity index (χ0) is 17.4. The number of carbonyl (C=O) groups is 3. The van der Waals surface area contributed by atoms with Gasteiger partial charge in [-0.3, -0.25) is 19.7 Å². The van der Waals surface area contributed by atoms with Gasteiger partial charge in [-0.1, -0.05) is 12.1 Å². The van der Waals surface area contributed by atoms with Crippen LogP contribution in [0.15, 0.2) is 27.4 Å². The zero-order valence-electron chi connectivity index (χ0n) is 13.3. The summed E-state index contributed by atoms with van der Waals surface area (Å²) in [5.41, 5.74) is 0.957. The summed E-state index contributed by atoms with van der Waals surface area (Å²) in [6, 6.07) is 4.52. The summed E-state index contributed by atoms with van der Waals surface area (Å²) in [4.78, 5) is 47.5. The molecule has 2 heterocycles. The molecule has 1 fully saturated rings. The first-order valence-corrected chi connectivity index (χ1v) is 7.55. The Labute approximate surface area is 137 Å². The third kappa shape index (κ3) is 2.80. The van der Waals surface area contributed by atoms with Crippen LogP contribution >= 0.6 is 0 Å². The van der Waals surface area contributed by atoms with E-state index in [1.807, 2.05) is 13.0 Å². The molecule has 1 saturated heterocycles. The molecule has 1 unspecified atom stereocenters. The summed E-state index contributed by atoms with van der Waals surface area (Å²) < 4.78 is 5.24. The maximum atomic E-state index is 12.5. The summed E-state index contributed by atoms with van der Waals surface area (Å²) >= 11 is 0. The Morgan fingerprint density at radius 2 is 2.00 bits per heavy atom. The molecule has 24 heavy (non-hydrogen) atoms. The average Bonchev–Trinajstić information content (AvgIpc) is 2.49. The normalized spacial score (nSPS) is 17.7. The first-order valence-electron chi connectivity index (χ1n) is 7.55. The van der Waals surface area contributed by atoms with Crippen molar-refractivity contribution >= 4 is 28.7 Å². The van der Waals surface area contributed by atoms with Crippen LogP contribution in [0.4, 0.5) is 0 Å². The number of nitrogens with one attached hydrogen (secondary N) is 2. The fourth-order valence-corrected chi connectivity index (χ4v) is 2.79. The number of hydrogen-bond donors (Lipinski definition) is 2. The van der Waals surface area contributed by atoms with E-state index in [0.29, 0.717) is 16.5 Å². The molecule has 0 saturated carbocycles. The largest absolute Gasteiger partial charge is 0.422 e. The highest BCUT2D eigenvalue weighted by Crippen LogP contribution is 2.20. The molecule has 2 N–H and O–H groups in total. The van der Waals surface area contributed by atoms with E-state index in [1.54, 1.807) is 19.1 Å². The van der Waals surface area contributed by atoms with E-state index in [0.717, 1.165) is 5.56 Å². The number of carbonyl (C=O) groups excluding carboxylic acids is 3. The number of rotatable bonds is 2. The van der Waals surface area contributed by atoms with Gasteiger partial charge in [0.15, 0.2) is 0 Å². The van der Waals surface area contributed by atoms with Crippen LogP contribution < -0.4 is 16.3 Å². The van der Waals surface area contributed by atoms with Gasteiger partial charge in [0.05, 0.1) is 0 Å². The van der Waals surface area contributed by atoms with Crippen molar-refractivity contribution in [1.82, 2.24) is 10.6 Å². The van der Waals surface area contributed by atoms with E-state index in [2.05, 4.69) is 10.6 Å². The standard InChI is InChI=1S/C17H16N2O5/c1-8-3-4-10-9(2)14(17(23)24-12(10)7-8)16(22)18-11-5-6-13(20)19-15(11)21/h3-4,7,11H,5-6H2,1-2H3,(H,18,22)(H,19,20,21). The summed E-state index contributed by atoms with van der Waals surface area (Å²) in [6.07, 6.45) is 0.342. The molecule has 3 amide bonds. The van der Waals surface area contributed by atoms with Gasteiger partial charge in [-0.2, -0.15) is 0 Å². The van der Waals surface area contributed by atoms with Crippen molar-refractivity contribution < 1.29 is 18.8 Å². The molecule has 2 aromatic rings. The van der Waals surface area contributed by atoms with Crippen molar-refractivity contribution in [2.24, 2.45) is 0 Å². The molecule has 1 aliphatic rings. The lowest BCUT2D eigenvalue weighted by Gasteiger charge is -2.21. The first-order chi connectivity index (χ1) is 11.4. The quantitative estimate of drug-likeness (QED) is 0.630. The van der Waals surface area contributed by atoms with Crippen LogP contribution in [0.25, 0.3) is 11.0 Å². The van der Waals surface area contributed by atoms with Crippen molar-refractivity contribution in [3.63, 3.8) is 0 Å². The lowest BCUT2D eigenvalue weighted by atomic mass is 10.0. The Morgan fingerprint density at radius 3 is 2.71 bits per heavy atom. The van der Waals surface area contributed by atoms with Gasteiger partial charge in [0, 0.05) is 11.8 Å². The Balaban J connectivity index is 1.95. The van der Waals surface area contributed by atoms with Crippen LogP contribution in [-0.4, -0.2) is 23.8 Å². The van der Waals surface area contributed by atoms with E-state index in [-0.39, 0.29) is 24.3 Å². The number of amides is 3. The third-order valence-electron chi connectivity index (χ3n) is 4.09. The number of fused-ring (bicyclic) bond motifs is 1. The van der Waals surface area contributed by atoms with E-state index < -0.39 is 23.5 Å². The van der Waals surface area contributed by atoms with Crippen LogP contribution in [0.5, 0.6) is 0 Å². The Morgan fingerprint density at radius 1 is 1.25 bits per heavy atom. The van der Waals surface area contributed by atoms with Crippen LogP contribution in [0.1, 0.15) is 34.3 Å². The number of piperidine rings is 1. The second-order valence-electron chi connectivity index (χ2n) is 5.87. The SMILES string of the molecule is Cc1ccc2c(C)c(C(=O)NC3CCC(=O)NC3=O)c(=O)oc2c1. The summed E-state index contributed by atoms with van der Waals surface area (Å²) in [5.74, 6) is -1.63. The van der Waals surface area contributed by atoms with Crippen LogP contribution in [-0.2, 0) is 9.59 Å². The molecular weight excluding hydrogens is 312 g/mol. The minimum absolute atomic E-state index is 0.129. The van der Waals surface area contributed by atoms with E-state index >= 15 is 0 Å². The van der Waals surface area contributed by atoms with Crippen LogP contribution in [0.2, 0.25) is 0 Å². The molecule has 1 aliphatic heterocycles. The highest BCUT2D eigenvalue weighted by molar-refractivity contribution is 6.05. The van der Waals surface area contributed by atoms with Gasteiger partial charge in [-0.05, 0) is 37.5 Å². The molecule has 0 aliphatic carbocycles. The molecular formula is C17H16N2O5. The van der Waals surface area contributed by atoms with Gasteiger partial charge in [-0.25, -0.2) is 4.79 Å². The fourth-order valence-electron chi connectivity index (χ4n) is 2.79. The van der Waals surface area contributed by atoms with Crippen molar-refractivity contribution in [3.05, 3.63) is 45.3 Å². The van der Waals surface area contributed by atoms with Crippen LogP contribution in [0.3, 0.4) is 0 Å². The molecule has 0 radical (unpaired) electrons. The molecule has 1 aromatic heterocycles. The maximum Gasteiger partial charge on any atom is 0.349 e. The van der Waals surface area contributed by atoms with Crippen molar-refractivity contribution in [2.75, 3.05) is 0 Å². The van der Waals surface area contributed by atoms with Crippen molar-refractivity contribution in [2.45, 2.75) is 32.7 Å². The first kappa shape index (κ1) is 15.9. The lowest BCUT2D eigenvalue weighted by Crippen LogP contribution is -2.52. The van der Waals surface area contributed by atoms with Crippen molar-refractivity contribution in [1.29, 1.82) is 0 Å². The maximum absolute atomic E-state index is 12.5. The molecule has 0 spiro atoms. The van der Waals surface area contributed by atoms with Gasteiger partial charge in [0.2, 0.25) is 11.8 Å². The number of aryl methyl sites for hydroxylation is 2. The van der Waals surface area contributed by atoms with Crippen LogP contribution in [0, 0.1) is 13.8 Å². The summed E-state index contributed by atoms with van der Waals surface area (Å²) in [7, 11) is 0. The Kier molecular flexibility index (Phi) is 3.92. The van der Waals surface area contributed by atoms with Crippen molar-refractivity contribution in [3.8, 4) is 0 Å². The van der Waals surface area contributed by atoms with E-state index in [1.165, 1.54) is 0 Å². The number of hydrogen-bond acceptors (Lipinski definition) is 5. The predicted molar refractivity (Wildman–Crippen MR) is 85.6 cm³/mol. The highest BCUT2D eigenvalue weighted by atomic mass is 16.4. The fraction of sp³-hybridized carbons (Fsp3) is 0.294. The van der Waals surface area contributed by atoms with E-state index in [9.17, 15) is 19.2 Å². The predicted octanol–water partition coefficient (Wildman–Crippen LogP) is 0.945. The van der Waals surface area contributed by atoms with Gasteiger partial charge in [0.25, 0.3) is 5.91 Å².